The van der Waals surface area contributed by atoms with Gasteiger partial charge in [-0.3, -0.25) is 9.05 Å². The Morgan fingerprint density at radius 2 is 1.44 bits per heavy atom. The van der Waals surface area contributed by atoms with Crippen LogP contribution in [0, 0.1) is 0 Å². The van der Waals surface area contributed by atoms with E-state index in [2.05, 4.69) is 4.74 Å². The molecule has 0 saturated heterocycles. The Balaban J connectivity index is 4.78. The maximum absolute atomic E-state index is 12.1. The maximum Gasteiger partial charge on any atom is 0.438 e. The van der Waals surface area contributed by atoms with E-state index in [1.807, 2.05) is 0 Å². The Labute approximate surface area is 101 Å². The molecule has 0 aliphatic carbocycles. The second-order valence-electron chi connectivity index (χ2n) is 3.73. The van der Waals surface area contributed by atoms with Gasteiger partial charge in [0.05, 0.1) is 12.2 Å². The van der Waals surface area contributed by atoms with Crippen LogP contribution in [0.4, 0.5) is 4.79 Å². The largest absolute Gasteiger partial charge is 0.438 e. The summed E-state index contributed by atoms with van der Waals surface area (Å²) < 4.78 is 26.7. The van der Waals surface area contributed by atoms with E-state index < -0.39 is 31.1 Å². The number of hydrogen-bond donors (Lipinski definition) is 0. The predicted octanol–water partition coefficient (Wildman–Crippen LogP) is 3.75. The minimum atomic E-state index is -3.92. The molecule has 0 amide bonds. The number of carbonyl (C=O) groups excluding carboxylic acids is 1. The van der Waals surface area contributed by atoms with Crippen molar-refractivity contribution in [3.63, 3.8) is 0 Å². The maximum atomic E-state index is 12.1. The van der Waals surface area contributed by atoms with Gasteiger partial charge in [-0.2, -0.15) is 0 Å². The third kappa shape index (κ3) is 5.85. The fourth-order valence-electron chi connectivity index (χ4n) is 0.869. The van der Waals surface area contributed by atoms with Crippen LogP contribution in [0.5, 0.6) is 0 Å². The van der Waals surface area contributed by atoms with E-state index in [-0.39, 0.29) is 0 Å². The molecule has 1 unspecified atom stereocenters. The topological polar surface area (TPSA) is 61.8 Å². The predicted molar refractivity (Wildman–Crippen MR) is 61.8 cm³/mol. The van der Waals surface area contributed by atoms with Crippen LogP contribution in [-0.2, 0) is 18.3 Å². The molecule has 0 radical (unpaired) electrons. The highest BCUT2D eigenvalue weighted by Crippen LogP contribution is 2.52. The molecule has 0 saturated carbocycles. The van der Waals surface area contributed by atoms with Crippen LogP contribution in [0.3, 0.4) is 0 Å². The van der Waals surface area contributed by atoms with Gasteiger partial charge in [-0.05, 0) is 34.6 Å². The molecule has 0 aromatic carbocycles. The summed E-state index contributed by atoms with van der Waals surface area (Å²) >= 11 is 5.48. The van der Waals surface area contributed by atoms with E-state index in [1.54, 1.807) is 27.7 Å². The Morgan fingerprint density at radius 1 is 1.06 bits per heavy atom. The van der Waals surface area contributed by atoms with Crippen molar-refractivity contribution in [2.75, 3.05) is 0 Å². The van der Waals surface area contributed by atoms with Crippen LogP contribution in [0.1, 0.15) is 34.6 Å². The van der Waals surface area contributed by atoms with Gasteiger partial charge in [0.1, 0.15) is 0 Å². The van der Waals surface area contributed by atoms with Crippen LogP contribution in [-0.4, -0.2) is 23.5 Å². The molecule has 0 heterocycles. The molecule has 7 heteroatoms. The van der Waals surface area contributed by atoms with E-state index in [0.29, 0.717) is 0 Å². The summed E-state index contributed by atoms with van der Waals surface area (Å²) in [5, 5.41) is 0. The van der Waals surface area contributed by atoms with Crippen molar-refractivity contribution in [1.82, 2.24) is 0 Å². The molecule has 0 N–H and O–H groups in total. The van der Waals surface area contributed by atoms with E-state index in [1.165, 1.54) is 6.92 Å². The highest BCUT2D eigenvalue weighted by Gasteiger charge is 2.39. The van der Waals surface area contributed by atoms with Crippen molar-refractivity contribution in [3.05, 3.63) is 0 Å². The van der Waals surface area contributed by atoms with E-state index in [9.17, 15) is 9.36 Å². The summed E-state index contributed by atoms with van der Waals surface area (Å²) in [5.74, 6) is 0. The van der Waals surface area contributed by atoms with Crippen molar-refractivity contribution in [3.8, 4) is 0 Å². The number of rotatable bonds is 6. The summed E-state index contributed by atoms with van der Waals surface area (Å²) in [5.41, 5.74) is -1.94. The van der Waals surface area contributed by atoms with Crippen LogP contribution < -0.4 is 0 Å². The highest BCUT2D eigenvalue weighted by atomic mass is 35.5. The molecule has 5 nitrogen and oxygen atoms in total. The summed E-state index contributed by atoms with van der Waals surface area (Å²) in [6, 6.07) is 0. The molecule has 0 aliphatic heterocycles. The van der Waals surface area contributed by atoms with E-state index >= 15 is 0 Å². The Hall–Kier alpha value is -0.0900. The van der Waals surface area contributed by atoms with E-state index in [4.69, 9.17) is 20.6 Å². The summed E-state index contributed by atoms with van der Waals surface area (Å²) in [6.45, 7) is 8.03. The lowest BCUT2D eigenvalue weighted by atomic mass is 10.5. The minimum Gasteiger partial charge on any atom is -0.437 e. The zero-order valence-corrected chi connectivity index (χ0v) is 11.7. The lowest BCUT2D eigenvalue weighted by molar-refractivity contribution is 0.115. The average molecular weight is 273 g/mol. The summed E-state index contributed by atoms with van der Waals surface area (Å²) in [4.78, 5) is 11.5. The van der Waals surface area contributed by atoms with Gasteiger partial charge in [0.15, 0.2) is 5.56 Å². The summed E-state index contributed by atoms with van der Waals surface area (Å²) in [7, 11) is -3.92. The average Bonchev–Trinajstić information content (AvgIpc) is 1.98. The standard InChI is InChI=1S/C9H18ClO5P/c1-6(2)14-16(12,15-7(3)4)9(11)13-8(5)10/h6-8H,1-5H3. The highest BCUT2D eigenvalue weighted by molar-refractivity contribution is 7.71. The third-order valence-corrected chi connectivity index (χ3v) is 3.23. The molecule has 0 spiro atoms. The molecule has 96 valence electrons. The van der Waals surface area contributed by atoms with Crippen molar-refractivity contribution in [2.45, 2.75) is 52.4 Å². The van der Waals surface area contributed by atoms with Gasteiger partial charge in [0.2, 0.25) is 0 Å². The van der Waals surface area contributed by atoms with Gasteiger partial charge >= 0.3 is 13.3 Å². The van der Waals surface area contributed by atoms with Crippen LogP contribution in [0.25, 0.3) is 0 Å². The molecule has 0 bridgehead atoms. The van der Waals surface area contributed by atoms with Crippen molar-refractivity contribution < 1.29 is 23.1 Å². The molecule has 0 rings (SSSR count). The number of ether oxygens (including phenoxy) is 1. The third-order valence-electron chi connectivity index (χ3n) is 1.19. The first-order valence-corrected chi connectivity index (χ1v) is 6.97. The first-order valence-electron chi connectivity index (χ1n) is 4.99. The molecular weight excluding hydrogens is 255 g/mol. The fourth-order valence-corrected chi connectivity index (χ4v) is 2.63. The monoisotopic (exact) mass is 272 g/mol. The molecule has 0 aliphatic rings. The van der Waals surface area contributed by atoms with Gasteiger partial charge in [-0.15, -0.1) is 0 Å². The molecule has 16 heavy (non-hydrogen) atoms. The Morgan fingerprint density at radius 3 is 1.69 bits per heavy atom. The Bertz CT molecular complexity index is 263. The van der Waals surface area contributed by atoms with Gasteiger partial charge in [0, 0.05) is 0 Å². The number of halogens is 1. The second-order valence-corrected chi connectivity index (χ2v) is 6.13. The Kier molecular flexibility index (Phi) is 6.56. The molecule has 1 atom stereocenters. The lowest BCUT2D eigenvalue weighted by Gasteiger charge is -2.21. The molecule has 0 fully saturated rings. The number of carbonyl (C=O) groups is 1. The van der Waals surface area contributed by atoms with Gasteiger partial charge in [0.25, 0.3) is 0 Å². The number of alkyl halides is 1. The van der Waals surface area contributed by atoms with E-state index in [0.717, 1.165) is 0 Å². The van der Waals surface area contributed by atoms with Crippen LogP contribution in [0.2, 0.25) is 0 Å². The normalized spacial score (nSPS) is 14.2. The van der Waals surface area contributed by atoms with Crippen LogP contribution in [0.15, 0.2) is 0 Å². The van der Waals surface area contributed by atoms with Crippen molar-refractivity contribution in [1.29, 1.82) is 0 Å². The molecular formula is C9H18ClO5P. The molecule has 0 aromatic heterocycles. The smallest absolute Gasteiger partial charge is 0.437 e. The van der Waals surface area contributed by atoms with Gasteiger partial charge in [-0.25, -0.2) is 9.36 Å². The number of hydrogen-bond acceptors (Lipinski definition) is 5. The SMILES string of the molecule is CC(C)OP(=O)(OC(C)C)C(=O)OC(C)Cl. The fraction of sp³-hybridized carbons (Fsp3) is 0.889. The zero-order chi connectivity index (χ0) is 12.9. The first kappa shape index (κ1) is 15.9. The molecule has 0 aromatic rings. The van der Waals surface area contributed by atoms with Gasteiger partial charge in [-0.1, -0.05) is 11.6 Å². The van der Waals surface area contributed by atoms with Crippen molar-refractivity contribution in [2.24, 2.45) is 0 Å². The quantitative estimate of drug-likeness (QED) is 0.544. The van der Waals surface area contributed by atoms with Gasteiger partial charge < -0.3 is 4.74 Å². The first-order chi connectivity index (χ1) is 7.17. The zero-order valence-electron chi connectivity index (χ0n) is 10.1. The minimum absolute atomic E-state index is 0.414. The van der Waals surface area contributed by atoms with Crippen LogP contribution >= 0.6 is 19.2 Å². The second kappa shape index (κ2) is 6.60. The summed E-state index contributed by atoms with van der Waals surface area (Å²) in [6.07, 6.45) is -0.828. The lowest BCUT2D eigenvalue weighted by Crippen LogP contribution is -2.17. The van der Waals surface area contributed by atoms with Crippen molar-refractivity contribution >= 4 is 24.9 Å².